The molecule has 8 heteroatoms. The van der Waals surface area contributed by atoms with Crippen LogP contribution in [0.2, 0.25) is 5.02 Å². The highest BCUT2D eigenvalue weighted by molar-refractivity contribution is 7.15. The highest BCUT2D eigenvalue weighted by Crippen LogP contribution is 2.35. The van der Waals surface area contributed by atoms with Crippen LogP contribution in [0.5, 0.6) is 0 Å². The molecule has 1 aliphatic rings. The van der Waals surface area contributed by atoms with Crippen LogP contribution in [0, 0.1) is 6.92 Å². The van der Waals surface area contributed by atoms with E-state index in [4.69, 9.17) is 11.6 Å². The lowest BCUT2D eigenvalue weighted by Gasteiger charge is -2.17. The number of benzene rings is 1. The summed E-state index contributed by atoms with van der Waals surface area (Å²) in [6.45, 7) is 3.88. The number of carbonyl (C=O) groups is 2. The first kappa shape index (κ1) is 15.9. The van der Waals surface area contributed by atoms with Gasteiger partial charge in [-0.3, -0.25) is 9.59 Å². The van der Waals surface area contributed by atoms with Crippen molar-refractivity contribution in [2.75, 3.05) is 16.8 Å². The maximum absolute atomic E-state index is 12.3. The molecule has 0 saturated carbocycles. The number of hydrogen-bond acceptors (Lipinski definition) is 5. The molecular formula is C15H15ClN4O2S. The Morgan fingerprint density at radius 3 is 2.91 bits per heavy atom. The van der Waals surface area contributed by atoms with E-state index in [1.54, 1.807) is 11.0 Å². The molecule has 0 aliphatic carbocycles. The Morgan fingerprint density at radius 1 is 1.43 bits per heavy atom. The first-order chi connectivity index (χ1) is 10.9. The highest BCUT2D eigenvalue weighted by Gasteiger charge is 2.34. The van der Waals surface area contributed by atoms with Crippen LogP contribution in [0.1, 0.15) is 29.8 Å². The Hall–Kier alpha value is -1.99. The minimum absolute atomic E-state index is 0.0254. The highest BCUT2D eigenvalue weighted by atomic mass is 35.5. The molecule has 1 N–H and O–H groups in total. The average Bonchev–Trinajstić information content (AvgIpc) is 3.08. The molecule has 0 bridgehead atoms. The Kier molecular flexibility index (Phi) is 4.32. The molecule has 1 unspecified atom stereocenters. The molecule has 2 aromatic rings. The first-order valence-corrected chi connectivity index (χ1v) is 8.31. The summed E-state index contributed by atoms with van der Waals surface area (Å²) in [5.41, 5.74) is 1.77. The van der Waals surface area contributed by atoms with Crippen molar-refractivity contribution in [1.29, 1.82) is 0 Å². The van der Waals surface area contributed by atoms with Gasteiger partial charge in [0.25, 0.3) is 0 Å². The summed E-state index contributed by atoms with van der Waals surface area (Å²) in [5.74, 6) is -0.181. The van der Waals surface area contributed by atoms with Crippen molar-refractivity contribution in [2.24, 2.45) is 0 Å². The number of nitrogens with one attached hydrogen (secondary N) is 1. The van der Waals surface area contributed by atoms with Crippen LogP contribution >= 0.6 is 22.9 Å². The molecule has 0 spiro atoms. The van der Waals surface area contributed by atoms with Crippen molar-refractivity contribution in [3.63, 3.8) is 0 Å². The molecule has 2 amide bonds. The Morgan fingerprint density at radius 2 is 2.22 bits per heavy atom. The van der Waals surface area contributed by atoms with Gasteiger partial charge < -0.3 is 10.2 Å². The number of halogens is 1. The number of hydrogen-bond donors (Lipinski definition) is 1. The predicted molar refractivity (Wildman–Crippen MR) is 90.1 cm³/mol. The minimum Gasteiger partial charge on any atom is -0.312 e. The maximum atomic E-state index is 12.3. The molecular weight excluding hydrogens is 336 g/mol. The van der Waals surface area contributed by atoms with Crippen molar-refractivity contribution in [3.8, 4) is 0 Å². The average molecular weight is 351 g/mol. The topological polar surface area (TPSA) is 75.2 Å². The van der Waals surface area contributed by atoms with E-state index in [2.05, 4.69) is 15.5 Å². The van der Waals surface area contributed by atoms with Crippen molar-refractivity contribution in [3.05, 3.63) is 33.8 Å². The van der Waals surface area contributed by atoms with Crippen LogP contribution < -0.4 is 10.2 Å². The standard InChI is InChI=1S/C15H15ClN4O2S/c1-8-3-4-11(6-12(8)16)20-7-10(5-13(20)22)14-18-19-15(23-14)17-9(2)21/h3-4,6,10H,5,7H2,1-2H3,(H,17,19,21). The molecule has 1 aromatic heterocycles. The largest absolute Gasteiger partial charge is 0.312 e. The third-order valence-corrected chi connectivity index (χ3v) is 5.07. The first-order valence-electron chi connectivity index (χ1n) is 7.11. The molecule has 23 heavy (non-hydrogen) atoms. The number of carbonyl (C=O) groups excluding carboxylic acids is 2. The lowest BCUT2D eigenvalue weighted by Crippen LogP contribution is -2.24. The summed E-state index contributed by atoms with van der Waals surface area (Å²) in [4.78, 5) is 25.1. The van der Waals surface area contributed by atoms with Gasteiger partial charge in [0.2, 0.25) is 16.9 Å². The zero-order chi connectivity index (χ0) is 16.6. The molecule has 3 rings (SSSR count). The number of nitrogens with zero attached hydrogens (tertiary/aromatic N) is 3. The number of amides is 2. The monoisotopic (exact) mass is 350 g/mol. The summed E-state index contributed by atoms with van der Waals surface area (Å²) in [7, 11) is 0. The van der Waals surface area contributed by atoms with E-state index in [0.717, 1.165) is 16.3 Å². The third kappa shape index (κ3) is 3.35. The SMILES string of the molecule is CC(=O)Nc1nnc(C2CC(=O)N(c3ccc(C)c(Cl)c3)C2)s1. The molecule has 120 valence electrons. The normalized spacial score (nSPS) is 17.6. The van der Waals surface area contributed by atoms with Gasteiger partial charge in [0.05, 0.1) is 0 Å². The fourth-order valence-electron chi connectivity index (χ4n) is 2.47. The maximum Gasteiger partial charge on any atom is 0.227 e. The van der Waals surface area contributed by atoms with Crippen LogP contribution in [-0.2, 0) is 9.59 Å². The van der Waals surface area contributed by atoms with Gasteiger partial charge in [-0.05, 0) is 24.6 Å². The van der Waals surface area contributed by atoms with Gasteiger partial charge in [-0.25, -0.2) is 0 Å². The van der Waals surface area contributed by atoms with Gasteiger partial charge in [-0.15, -0.1) is 10.2 Å². The molecule has 0 radical (unpaired) electrons. The summed E-state index contributed by atoms with van der Waals surface area (Å²) in [6, 6.07) is 5.60. The summed E-state index contributed by atoms with van der Waals surface area (Å²) in [6.07, 6.45) is 0.375. The van der Waals surface area contributed by atoms with Crippen molar-refractivity contribution >= 4 is 45.6 Å². The van der Waals surface area contributed by atoms with E-state index in [9.17, 15) is 9.59 Å². The number of anilines is 2. The minimum atomic E-state index is -0.189. The Bertz CT molecular complexity index is 777. The fourth-order valence-corrected chi connectivity index (χ4v) is 3.53. The summed E-state index contributed by atoms with van der Waals surface area (Å²) >= 11 is 7.45. The van der Waals surface area contributed by atoms with Crippen LogP contribution in [-0.4, -0.2) is 28.6 Å². The Labute approximate surface area is 142 Å². The predicted octanol–water partition coefficient (Wildman–Crippen LogP) is 2.98. The van der Waals surface area contributed by atoms with E-state index < -0.39 is 0 Å². The number of aromatic nitrogens is 2. The van der Waals surface area contributed by atoms with Crippen LogP contribution in [0.25, 0.3) is 0 Å². The van der Waals surface area contributed by atoms with E-state index in [1.807, 2.05) is 19.1 Å². The fraction of sp³-hybridized carbons (Fsp3) is 0.333. The Balaban J connectivity index is 1.78. The van der Waals surface area contributed by atoms with Gasteiger partial charge in [0.15, 0.2) is 0 Å². The van der Waals surface area contributed by atoms with Crippen LogP contribution in [0.15, 0.2) is 18.2 Å². The lowest BCUT2D eigenvalue weighted by molar-refractivity contribution is -0.117. The number of aryl methyl sites for hydroxylation is 1. The second-order valence-corrected chi connectivity index (χ2v) is 6.88. The van der Waals surface area contributed by atoms with Gasteiger partial charge in [-0.1, -0.05) is 29.0 Å². The summed E-state index contributed by atoms with van der Waals surface area (Å²) in [5, 5.41) is 12.5. The molecule has 1 aliphatic heterocycles. The van der Waals surface area contributed by atoms with E-state index >= 15 is 0 Å². The second kappa shape index (κ2) is 6.25. The van der Waals surface area contributed by atoms with Gasteiger partial charge in [0.1, 0.15) is 5.01 Å². The molecule has 1 fully saturated rings. The number of rotatable bonds is 3. The third-order valence-electron chi connectivity index (χ3n) is 3.66. The van der Waals surface area contributed by atoms with E-state index in [0.29, 0.717) is 23.1 Å². The van der Waals surface area contributed by atoms with E-state index in [-0.39, 0.29) is 17.7 Å². The molecule has 2 heterocycles. The van der Waals surface area contributed by atoms with Gasteiger partial charge >= 0.3 is 0 Å². The molecule has 1 saturated heterocycles. The second-order valence-electron chi connectivity index (χ2n) is 5.47. The molecule has 1 aromatic carbocycles. The smallest absolute Gasteiger partial charge is 0.227 e. The zero-order valence-electron chi connectivity index (χ0n) is 12.7. The lowest BCUT2D eigenvalue weighted by atomic mass is 10.1. The van der Waals surface area contributed by atoms with Crippen molar-refractivity contribution < 1.29 is 9.59 Å². The van der Waals surface area contributed by atoms with Gasteiger partial charge in [0, 0.05) is 36.5 Å². The zero-order valence-corrected chi connectivity index (χ0v) is 14.2. The van der Waals surface area contributed by atoms with Gasteiger partial charge in [-0.2, -0.15) is 0 Å². The van der Waals surface area contributed by atoms with Crippen LogP contribution in [0.4, 0.5) is 10.8 Å². The quantitative estimate of drug-likeness (QED) is 0.923. The van der Waals surface area contributed by atoms with Crippen LogP contribution in [0.3, 0.4) is 0 Å². The molecule has 1 atom stereocenters. The van der Waals surface area contributed by atoms with Crippen molar-refractivity contribution in [1.82, 2.24) is 10.2 Å². The molecule has 6 nitrogen and oxygen atoms in total. The summed E-state index contributed by atoms with van der Waals surface area (Å²) < 4.78 is 0. The van der Waals surface area contributed by atoms with E-state index in [1.165, 1.54) is 18.3 Å². The van der Waals surface area contributed by atoms with Crippen molar-refractivity contribution in [2.45, 2.75) is 26.2 Å².